The third kappa shape index (κ3) is 2.26. The van der Waals surface area contributed by atoms with E-state index in [0.29, 0.717) is 0 Å². The fourth-order valence-electron chi connectivity index (χ4n) is 0.768. The fourth-order valence-corrected chi connectivity index (χ4v) is 1.18. The topological polar surface area (TPSA) is 17.1 Å². The smallest absolute Gasteiger partial charge is 0.125 e. The molecule has 0 bridgehead atoms. The van der Waals surface area contributed by atoms with Gasteiger partial charge in [-0.25, -0.2) is 4.79 Å². The summed E-state index contributed by atoms with van der Waals surface area (Å²) in [7, 11) is 0. The first-order chi connectivity index (χ1) is 5.36. The minimum absolute atomic E-state index is 0.901. The molecule has 0 unspecified atom stereocenters. The SMILES string of the molecule is CSc1ccc(C=C=O)cc1. The van der Waals surface area contributed by atoms with Gasteiger partial charge in [-0.1, -0.05) is 12.1 Å². The lowest BCUT2D eigenvalue weighted by molar-refractivity contribution is 0.570. The molecule has 0 saturated heterocycles. The zero-order chi connectivity index (χ0) is 8.10. The normalized spacial score (nSPS) is 8.82. The number of benzene rings is 1. The van der Waals surface area contributed by atoms with Crippen molar-refractivity contribution in [1.82, 2.24) is 0 Å². The van der Waals surface area contributed by atoms with E-state index >= 15 is 0 Å². The van der Waals surface area contributed by atoms with Crippen molar-refractivity contribution in [1.29, 1.82) is 0 Å². The van der Waals surface area contributed by atoms with Gasteiger partial charge in [0.05, 0.1) is 0 Å². The van der Waals surface area contributed by atoms with Crippen LogP contribution in [-0.2, 0) is 4.79 Å². The molecule has 0 aromatic heterocycles. The largest absolute Gasteiger partial charge is 0.233 e. The second-order valence-electron chi connectivity index (χ2n) is 2.04. The maximum Gasteiger partial charge on any atom is 0.125 e. The molecule has 1 aromatic rings. The van der Waals surface area contributed by atoms with Crippen LogP contribution in [0.25, 0.3) is 6.08 Å². The molecule has 56 valence electrons. The Morgan fingerprint density at radius 3 is 2.45 bits per heavy atom. The van der Waals surface area contributed by atoms with E-state index in [0.717, 1.165) is 5.56 Å². The Morgan fingerprint density at radius 1 is 1.36 bits per heavy atom. The van der Waals surface area contributed by atoms with Crippen molar-refractivity contribution in [2.45, 2.75) is 4.90 Å². The zero-order valence-corrected chi connectivity index (χ0v) is 7.02. The van der Waals surface area contributed by atoms with E-state index in [1.54, 1.807) is 17.7 Å². The molecule has 0 N–H and O–H groups in total. The Balaban J connectivity index is 2.91. The molecule has 0 aliphatic rings. The summed E-state index contributed by atoms with van der Waals surface area (Å²) in [6.07, 6.45) is 3.44. The van der Waals surface area contributed by atoms with Gasteiger partial charge >= 0.3 is 0 Å². The number of thioether (sulfide) groups is 1. The summed E-state index contributed by atoms with van der Waals surface area (Å²) in [6.45, 7) is 0. The number of hydrogen-bond acceptors (Lipinski definition) is 2. The van der Waals surface area contributed by atoms with E-state index in [-0.39, 0.29) is 0 Å². The minimum Gasteiger partial charge on any atom is -0.233 e. The molecule has 0 aliphatic heterocycles. The fraction of sp³-hybridized carbons (Fsp3) is 0.111. The summed E-state index contributed by atoms with van der Waals surface area (Å²) in [6, 6.07) is 7.76. The maximum atomic E-state index is 9.94. The first-order valence-electron chi connectivity index (χ1n) is 3.22. The van der Waals surface area contributed by atoms with E-state index < -0.39 is 0 Å². The highest BCUT2D eigenvalue weighted by atomic mass is 32.2. The molecule has 0 fully saturated rings. The number of rotatable bonds is 2. The molecule has 0 aliphatic carbocycles. The molecular formula is C9H8OS. The van der Waals surface area contributed by atoms with E-state index in [1.807, 2.05) is 30.5 Å². The van der Waals surface area contributed by atoms with Crippen LogP contribution in [0.3, 0.4) is 0 Å². The quantitative estimate of drug-likeness (QED) is 0.492. The summed E-state index contributed by atoms with van der Waals surface area (Å²) in [5.41, 5.74) is 0.901. The number of hydrogen-bond donors (Lipinski definition) is 0. The van der Waals surface area contributed by atoms with Crippen LogP contribution in [0.15, 0.2) is 29.2 Å². The first-order valence-corrected chi connectivity index (χ1v) is 4.44. The van der Waals surface area contributed by atoms with Crippen LogP contribution in [0.1, 0.15) is 5.56 Å². The Hall–Kier alpha value is -0.980. The maximum absolute atomic E-state index is 9.94. The second kappa shape index (κ2) is 4.02. The van der Waals surface area contributed by atoms with Crippen molar-refractivity contribution in [2.24, 2.45) is 0 Å². The molecule has 0 saturated carbocycles. The van der Waals surface area contributed by atoms with Crippen LogP contribution in [0.2, 0.25) is 0 Å². The molecule has 1 aromatic carbocycles. The van der Waals surface area contributed by atoms with Gasteiger partial charge in [-0.15, -0.1) is 11.8 Å². The minimum atomic E-state index is 0.901. The highest BCUT2D eigenvalue weighted by Gasteiger charge is 1.88. The summed E-state index contributed by atoms with van der Waals surface area (Å²) in [4.78, 5) is 11.1. The molecule has 0 heterocycles. The van der Waals surface area contributed by atoms with Gasteiger partial charge in [-0.3, -0.25) is 0 Å². The van der Waals surface area contributed by atoms with Crippen LogP contribution in [0.4, 0.5) is 0 Å². The molecule has 11 heavy (non-hydrogen) atoms. The van der Waals surface area contributed by atoms with Crippen molar-refractivity contribution in [2.75, 3.05) is 6.26 Å². The molecule has 0 radical (unpaired) electrons. The third-order valence-electron chi connectivity index (χ3n) is 1.34. The summed E-state index contributed by atoms with van der Waals surface area (Å²) in [5, 5.41) is 0. The average molecular weight is 164 g/mol. The predicted molar refractivity (Wildman–Crippen MR) is 48.4 cm³/mol. The van der Waals surface area contributed by atoms with Gasteiger partial charge in [-0.2, -0.15) is 0 Å². The van der Waals surface area contributed by atoms with E-state index in [9.17, 15) is 4.79 Å². The van der Waals surface area contributed by atoms with Crippen molar-refractivity contribution in [3.8, 4) is 0 Å². The van der Waals surface area contributed by atoms with Crippen molar-refractivity contribution in [3.63, 3.8) is 0 Å². The molecule has 1 rings (SSSR count). The lowest BCUT2D eigenvalue weighted by atomic mass is 10.2. The highest BCUT2D eigenvalue weighted by Crippen LogP contribution is 2.14. The monoisotopic (exact) mass is 164 g/mol. The van der Waals surface area contributed by atoms with Gasteiger partial charge in [0.15, 0.2) is 0 Å². The predicted octanol–water partition coefficient (Wildman–Crippen LogP) is 2.25. The summed E-state index contributed by atoms with van der Waals surface area (Å²) >= 11 is 1.68. The Labute approximate surface area is 70.1 Å². The Bertz CT molecular complexity index is 270. The van der Waals surface area contributed by atoms with Gasteiger partial charge in [0.25, 0.3) is 0 Å². The lowest BCUT2D eigenvalue weighted by Crippen LogP contribution is -1.72. The molecule has 2 heteroatoms. The van der Waals surface area contributed by atoms with E-state index in [1.165, 1.54) is 11.0 Å². The number of carbonyl (C=O) groups excluding carboxylic acids is 1. The first kappa shape index (κ1) is 8.12. The molecule has 1 nitrogen and oxygen atoms in total. The molecular weight excluding hydrogens is 156 g/mol. The van der Waals surface area contributed by atoms with Gasteiger partial charge in [0.1, 0.15) is 5.94 Å². The van der Waals surface area contributed by atoms with E-state index in [2.05, 4.69) is 0 Å². The Morgan fingerprint density at radius 2 is 2.00 bits per heavy atom. The second-order valence-corrected chi connectivity index (χ2v) is 2.92. The van der Waals surface area contributed by atoms with Crippen LogP contribution >= 0.6 is 11.8 Å². The van der Waals surface area contributed by atoms with Crippen LogP contribution < -0.4 is 0 Å². The van der Waals surface area contributed by atoms with Crippen molar-refractivity contribution >= 4 is 23.8 Å². The highest BCUT2D eigenvalue weighted by molar-refractivity contribution is 7.98. The molecule has 0 amide bonds. The van der Waals surface area contributed by atoms with E-state index in [4.69, 9.17) is 0 Å². The van der Waals surface area contributed by atoms with Gasteiger partial charge in [0.2, 0.25) is 0 Å². The van der Waals surface area contributed by atoms with Crippen molar-refractivity contribution in [3.05, 3.63) is 29.8 Å². The van der Waals surface area contributed by atoms with Gasteiger partial charge in [-0.05, 0) is 24.0 Å². The Kier molecular flexibility index (Phi) is 2.96. The standard InChI is InChI=1S/C9H8OS/c1-11-9-4-2-8(3-5-9)6-7-10/h2-6H,1H3. The third-order valence-corrected chi connectivity index (χ3v) is 2.08. The van der Waals surface area contributed by atoms with Crippen LogP contribution in [-0.4, -0.2) is 12.2 Å². The summed E-state index contributed by atoms with van der Waals surface area (Å²) < 4.78 is 0. The van der Waals surface area contributed by atoms with Crippen LogP contribution in [0.5, 0.6) is 0 Å². The molecule has 0 spiro atoms. The lowest BCUT2D eigenvalue weighted by Gasteiger charge is -1.94. The van der Waals surface area contributed by atoms with Gasteiger partial charge in [0, 0.05) is 11.0 Å². The summed E-state index contributed by atoms with van der Waals surface area (Å²) in [5.74, 6) is 1.74. The molecule has 0 atom stereocenters. The van der Waals surface area contributed by atoms with Gasteiger partial charge < -0.3 is 0 Å². The zero-order valence-electron chi connectivity index (χ0n) is 6.20. The van der Waals surface area contributed by atoms with Crippen LogP contribution in [0, 0.1) is 0 Å². The van der Waals surface area contributed by atoms with Crippen molar-refractivity contribution < 1.29 is 4.79 Å². The average Bonchev–Trinajstić information content (AvgIpc) is 2.07.